The third kappa shape index (κ3) is 3.33. The highest BCUT2D eigenvalue weighted by Crippen LogP contribution is 2.12. The molecule has 1 aromatic heterocycles. The van der Waals surface area contributed by atoms with Crippen molar-refractivity contribution in [3.8, 4) is 6.07 Å². The third-order valence-electron chi connectivity index (χ3n) is 2.87. The van der Waals surface area contributed by atoms with E-state index in [1.807, 2.05) is 0 Å². The molecular weight excluding hydrogens is 254 g/mol. The van der Waals surface area contributed by atoms with E-state index < -0.39 is 5.97 Å². The van der Waals surface area contributed by atoms with E-state index in [0.717, 1.165) is 12.0 Å². The molecule has 0 aliphatic rings. The van der Waals surface area contributed by atoms with Crippen LogP contribution in [0.3, 0.4) is 0 Å². The molecule has 2 aromatic rings. The van der Waals surface area contributed by atoms with Crippen LogP contribution in [0.1, 0.15) is 21.5 Å². The molecule has 0 atom stereocenters. The van der Waals surface area contributed by atoms with E-state index in [4.69, 9.17) is 10.4 Å². The molecule has 0 aliphatic carbocycles. The number of hydrogen-bond acceptors (Lipinski definition) is 4. The summed E-state index contributed by atoms with van der Waals surface area (Å²) in [5, 5.41) is 20.9. The first kappa shape index (κ1) is 13.6. The van der Waals surface area contributed by atoms with Crippen LogP contribution >= 0.6 is 0 Å². The molecule has 0 saturated carbocycles. The average Bonchev–Trinajstić information content (AvgIpc) is 2.48. The molecule has 0 unspecified atom stereocenters. The van der Waals surface area contributed by atoms with Gasteiger partial charge in [-0.2, -0.15) is 5.26 Å². The molecule has 5 heteroatoms. The van der Waals surface area contributed by atoms with Crippen molar-refractivity contribution in [3.63, 3.8) is 0 Å². The van der Waals surface area contributed by atoms with Gasteiger partial charge in [-0.3, -0.25) is 4.98 Å². The van der Waals surface area contributed by atoms with Gasteiger partial charge >= 0.3 is 5.97 Å². The number of aromatic nitrogens is 1. The maximum Gasteiger partial charge on any atom is 0.335 e. The average molecular weight is 267 g/mol. The van der Waals surface area contributed by atoms with Crippen molar-refractivity contribution in [2.75, 3.05) is 11.9 Å². The maximum atomic E-state index is 10.7. The van der Waals surface area contributed by atoms with Crippen LogP contribution in [0.15, 0.2) is 42.7 Å². The predicted molar refractivity (Wildman–Crippen MR) is 74.5 cm³/mol. The molecule has 5 nitrogen and oxygen atoms in total. The largest absolute Gasteiger partial charge is 0.478 e. The number of nitrogens with one attached hydrogen (secondary N) is 1. The van der Waals surface area contributed by atoms with E-state index in [-0.39, 0.29) is 5.56 Å². The summed E-state index contributed by atoms with van der Waals surface area (Å²) >= 11 is 0. The Bertz CT molecular complexity index is 645. The summed E-state index contributed by atoms with van der Waals surface area (Å²) in [5.74, 6) is -0.927. The fourth-order valence-electron chi connectivity index (χ4n) is 1.79. The van der Waals surface area contributed by atoms with Gasteiger partial charge in [0.1, 0.15) is 6.07 Å². The number of hydrogen-bond donors (Lipinski definition) is 2. The van der Waals surface area contributed by atoms with E-state index in [1.165, 1.54) is 0 Å². The Morgan fingerprint density at radius 3 is 2.70 bits per heavy atom. The molecular formula is C15H13N3O2. The second-order valence-corrected chi connectivity index (χ2v) is 4.21. The lowest BCUT2D eigenvalue weighted by atomic mass is 10.1. The van der Waals surface area contributed by atoms with Gasteiger partial charge in [0.25, 0.3) is 0 Å². The van der Waals surface area contributed by atoms with Crippen LogP contribution in [0, 0.1) is 11.3 Å². The van der Waals surface area contributed by atoms with Crippen molar-refractivity contribution in [2.24, 2.45) is 0 Å². The number of benzene rings is 1. The number of nitrogens with zero attached hydrogens (tertiary/aromatic N) is 2. The normalized spacial score (nSPS) is 9.75. The molecule has 2 N–H and O–H groups in total. The fraction of sp³-hybridized carbons (Fsp3) is 0.133. The van der Waals surface area contributed by atoms with Gasteiger partial charge < -0.3 is 10.4 Å². The molecule has 1 aromatic carbocycles. The second kappa shape index (κ2) is 6.34. The van der Waals surface area contributed by atoms with Gasteiger partial charge in [0.15, 0.2) is 0 Å². The molecule has 100 valence electrons. The van der Waals surface area contributed by atoms with Crippen molar-refractivity contribution >= 4 is 11.7 Å². The molecule has 0 spiro atoms. The van der Waals surface area contributed by atoms with Crippen molar-refractivity contribution < 1.29 is 9.90 Å². The number of carbonyl (C=O) groups is 1. The van der Waals surface area contributed by atoms with Gasteiger partial charge in [-0.25, -0.2) is 4.79 Å². The summed E-state index contributed by atoms with van der Waals surface area (Å²) in [6.07, 6.45) is 3.93. The summed E-state index contributed by atoms with van der Waals surface area (Å²) in [6, 6.07) is 10.5. The zero-order chi connectivity index (χ0) is 14.4. The van der Waals surface area contributed by atoms with Gasteiger partial charge in [-0.1, -0.05) is 12.1 Å². The standard InChI is InChI=1S/C15H13N3O2/c16-9-13-6-7-17-10-14(13)18-8-5-11-1-3-12(4-2-11)15(19)20/h1-4,6-7,10,18H,5,8H2,(H,19,20). The lowest BCUT2D eigenvalue weighted by Gasteiger charge is -2.07. The van der Waals surface area contributed by atoms with Gasteiger partial charge in [-0.15, -0.1) is 0 Å². The minimum Gasteiger partial charge on any atom is -0.478 e. The van der Waals surface area contributed by atoms with E-state index in [1.54, 1.807) is 42.7 Å². The Kier molecular flexibility index (Phi) is 4.30. The van der Waals surface area contributed by atoms with Crippen LogP contribution in [0.5, 0.6) is 0 Å². The Morgan fingerprint density at radius 1 is 1.30 bits per heavy atom. The van der Waals surface area contributed by atoms with Crippen molar-refractivity contribution in [3.05, 3.63) is 59.4 Å². The molecule has 0 radical (unpaired) electrons. The first-order valence-corrected chi connectivity index (χ1v) is 6.11. The fourth-order valence-corrected chi connectivity index (χ4v) is 1.79. The van der Waals surface area contributed by atoms with E-state index in [2.05, 4.69) is 16.4 Å². The Morgan fingerprint density at radius 2 is 2.05 bits per heavy atom. The SMILES string of the molecule is N#Cc1ccncc1NCCc1ccc(C(=O)O)cc1. The summed E-state index contributed by atoms with van der Waals surface area (Å²) in [7, 11) is 0. The zero-order valence-corrected chi connectivity index (χ0v) is 10.7. The number of nitriles is 1. The topological polar surface area (TPSA) is 86.0 Å². The molecule has 0 aliphatic heterocycles. The van der Waals surface area contributed by atoms with Gasteiger partial charge in [-0.05, 0) is 30.2 Å². The minimum atomic E-state index is -0.927. The van der Waals surface area contributed by atoms with E-state index in [0.29, 0.717) is 17.8 Å². The highest BCUT2D eigenvalue weighted by molar-refractivity contribution is 5.87. The summed E-state index contributed by atoms with van der Waals surface area (Å²) in [5.41, 5.74) is 2.57. The van der Waals surface area contributed by atoms with Crippen LogP contribution in [0.4, 0.5) is 5.69 Å². The summed E-state index contributed by atoms with van der Waals surface area (Å²) in [6.45, 7) is 0.646. The molecule has 0 saturated heterocycles. The number of pyridine rings is 1. The molecule has 0 bridgehead atoms. The van der Waals surface area contributed by atoms with Crippen molar-refractivity contribution in [2.45, 2.75) is 6.42 Å². The Hall–Kier alpha value is -2.87. The highest BCUT2D eigenvalue weighted by atomic mass is 16.4. The molecule has 0 amide bonds. The quantitative estimate of drug-likeness (QED) is 0.868. The first-order chi connectivity index (χ1) is 9.70. The van der Waals surface area contributed by atoms with Crippen LogP contribution in [-0.2, 0) is 6.42 Å². The lowest BCUT2D eigenvalue weighted by Crippen LogP contribution is -2.06. The summed E-state index contributed by atoms with van der Waals surface area (Å²) in [4.78, 5) is 14.7. The highest BCUT2D eigenvalue weighted by Gasteiger charge is 2.03. The lowest BCUT2D eigenvalue weighted by molar-refractivity contribution is 0.0697. The van der Waals surface area contributed by atoms with E-state index in [9.17, 15) is 4.79 Å². The number of carboxylic acids is 1. The smallest absolute Gasteiger partial charge is 0.335 e. The summed E-state index contributed by atoms with van der Waals surface area (Å²) < 4.78 is 0. The van der Waals surface area contributed by atoms with Crippen molar-refractivity contribution in [1.82, 2.24) is 4.98 Å². The van der Waals surface area contributed by atoms with Crippen LogP contribution in [0.2, 0.25) is 0 Å². The minimum absolute atomic E-state index is 0.278. The molecule has 20 heavy (non-hydrogen) atoms. The molecule has 0 fully saturated rings. The Balaban J connectivity index is 1.93. The van der Waals surface area contributed by atoms with Crippen LogP contribution < -0.4 is 5.32 Å². The van der Waals surface area contributed by atoms with Gasteiger partial charge in [0, 0.05) is 12.7 Å². The molecule has 2 rings (SSSR count). The van der Waals surface area contributed by atoms with Gasteiger partial charge in [0.2, 0.25) is 0 Å². The Labute approximate surface area is 116 Å². The number of anilines is 1. The number of aromatic carboxylic acids is 1. The van der Waals surface area contributed by atoms with Crippen molar-refractivity contribution in [1.29, 1.82) is 5.26 Å². The van der Waals surface area contributed by atoms with E-state index >= 15 is 0 Å². The monoisotopic (exact) mass is 267 g/mol. The van der Waals surface area contributed by atoms with Crippen LogP contribution in [-0.4, -0.2) is 22.6 Å². The predicted octanol–water partition coefficient (Wildman–Crippen LogP) is 2.31. The number of rotatable bonds is 5. The molecule has 1 heterocycles. The zero-order valence-electron chi connectivity index (χ0n) is 10.7. The first-order valence-electron chi connectivity index (χ1n) is 6.11. The second-order valence-electron chi connectivity index (χ2n) is 4.21. The number of carboxylic acid groups (broad SMARTS) is 1. The third-order valence-corrected chi connectivity index (χ3v) is 2.87. The maximum absolute atomic E-state index is 10.7. The van der Waals surface area contributed by atoms with Crippen LogP contribution in [0.25, 0.3) is 0 Å². The van der Waals surface area contributed by atoms with Gasteiger partial charge in [0.05, 0.1) is 23.0 Å².